The summed E-state index contributed by atoms with van der Waals surface area (Å²) in [6.45, 7) is 3.93. The maximum atomic E-state index is 11.2. The molecule has 94 valence electrons. The van der Waals surface area contributed by atoms with Crippen molar-refractivity contribution in [3.63, 3.8) is 0 Å². The Hall–Kier alpha value is -0.750. The Bertz CT molecular complexity index is 529. The first-order chi connectivity index (χ1) is 7.88. The SMILES string of the molecule is C=CCCOc1ccc(S(N)(=O)=O)c(Cl)c1Cl. The van der Waals surface area contributed by atoms with Crippen molar-refractivity contribution >= 4 is 33.2 Å². The van der Waals surface area contributed by atoms with Crippen LogP contribution in [0.2, 0.25) is 10.0 Å². The minimum atomic E-state index is -3.89. The first-order valence-electron chi connectivity index (χ1n) is 4.62. The Morgan fingerprint density at radius 1 is 1.35 bits per heavy atom. The summed E-state index contributed by atoms with van der Waals surface area (Å²) < 4.78 is 27.6. The van der Waals surface area contributed by atoms with Crippen LogP contribution in [0.15, 0.2) is 29.7 Å². The average Bonchev–Trinajstić information content (AvgIpc) is 2.23. The molecule has 0 aromatic heterocycles. The highest BCUT2D eigenvalue weighted by Crippen LogP contribution is 2.36. The minimum Gasteiger partial charge on any atom is -0.492 e. The molecule has 0 atom stereocenters. The fourth-order valence-electron chi connectivity index (χ4n) is 1.10. The summed E-state index contributed by atoms with van der Waals surface area (Å²) in [5, 5.41) is 4.87. The van der Waals surface area contributed by atoms with Crippen LogP contribution in [-0.4, -0.2) is 15.0 Å². The van der Waals surface area contributed by atoms with Gasteiger partial charge in [0.05, 0.1) is 11.6 Å². The van der Waals surface area contributed by atoms with Crippen LogP contribution in [0.1, 0.15) is 6.42 Å². The van der Waals surface area contributed by atoms with E-state index < -0.39 is 10.0 Å². The molecule has 0 fully saturated rings. The predicted octanol–water partition coefficient (Wildman–Crippen LogP) is 2.60. The van der Waals surface area contributed by atoms with E-state index in [1.54, 1.807) is 6.08 Å². The quantitative estimate of drug-likeness (QED) is 0.670. The Kier molecular flexibility index (Phi) is 4.82. The molecule has 7 heteroatoms. The van der Waals surface area contributed by atoms with Gasteiger partial charge in [0.2, 0.25) is 10.0 Å². The topological polar surface area (TPSA) is 69.4 Å². The lowest BCUT2D eigenvalue weighted by molar-refractivity contribution is 0.325. The lowest BCUT2D eigenvalue weighted by Crippen LogP contribution is -2.13. The zero-order valence-electron chi connectivity index (χ0n) is 8.82. The van der Waals surface area contributed by atoms with Crippen molar-refractivity contribution in [2.24, 2.45) is 5.14 Å². The van der Waals surface area contributed by atoms with Gasteiger partial charge in [0, 0.05) is 0 Å². The van der Waals surface area contributed by atoms with E-state index in [1.165, 1.54) is 12.1 Å². The van der Waals surface area contributed by atoms with Gasteiger partial charge < -0.3 is 4.74 Å². The fraction of sp³-hybridized carbons (Fsp3) is 0.200. The third kappa shape index (κ3) is 3.61. The zero-order chi connectivity index (χ0) is 13.1. The van der Waals surface area contributed by atoms with Crippen LogP contribution >= 0.6 is 23.2 Å². The highest BCUT2D eigenvalue weighted by molar-refractivity contribution is 7.89. The van der Waals surface area contributed by atoms with E-state index in [1.807, 2.05) is 0 Å². The van der Waals surface area contributed by atoms with E-state index >= 15 is 0 Å². The Balaban J connectivity index is 3.07. The second-order valence-electron chi connectivity index (χ2n) is 3.16. The smallest absolute Gasteiger partial charge is 0.239 e. The highest BCUT2D eigenvalue weighted by atomic mass is 35.5. The molecule has 2 N–H and O–H groups in total. The van der Waals surface area contributed by atoms with Gasteiger partial charge in [-0.2, -0.15) is 0 Å². The maximum Gasteiger partial charge on any atom is 0.239 e. The fourth-order valence-corrected chi connectivity index (χ4v) is 2.46. The second-order valence-corrected chi connectivity index (χ2v) is 5.45. The molecule has 0 aliphatic carbocycles. The summed E-state index contributed by atoms with van der Waals surface area (Å²) in [7, 11) is -3.89. The molecule has 0 bridgehead atoms. The molecule has 0 saturated carbocycles. The molecule has 4 nitrogen and oxygen atoms in total. The van der Waals surface area contributed by atoms with Crippen molar-refractivity contribution in [2.45, 2.75) is 11.3 Å². The Labute approximate surface area is 110 Å². The number of nitrogens with two attached hydrogens (primary N) is 1. The molecule has 0 radical (unpaired) electrons. The van der Waals surface area contributed by atoms with Crippen LogP contribution < -0.4 is 9.88 Å². The number of primary sulfonamides is 1. The maximum absolute atomic E-state index is 11.2. The van der Waals surface area contributed by atoms with Crippen molar-refractivity contribution in [1.29, 1.82) is 0 Å². The molecule has 0 amide bonds. The van der Waals surface area contributed by atoms with Crippen molar-refractivity contribution in [3.05, 3.63) is 34.8 Å². The predicted molar refractivity (Wildman–Crippen MR) is 68.1 cm³/mol. The van der Waals surface area contributed by atoms with Crippen LogP contribution in [0.3, 0.4) is 0 Å². The molecule has 0 saturated heterocycles. The summed E-state index contributed by atoms with van der Waals surface area (Å²) in [4.78, 5) is -0.222. The molecule has 0 aliphatic rings. The molecule has 1 rings (SSSR count). The number of ether oxygens (including phenoxy) is 1. The summed E-state index contributed by atoms with van der Waals surface area (Å²) in [5.41, 5.74) is 0. The third-order valence-electron chi connectivity index (χ3n) is 1.90. The van der Waals surface area contributed by atoms with Gasteiger partial charge in [-0.25, -0.2) is 13.6 Å². The minimum absolute atomic E-state index is 0.0299. The van der Waals surface area contributed by atoms with Crippen molar-refractivity contribution in [2.75, 3.05) is 6.61 Å². The summed E-state index contributed by atoms with van der Waals surface area (Å²) >= 11 is 11.7. The number of benzene rings is 1. The zero-order valence-corrected chi connectivity index (χ0v) is 11.1. The van der Waals surface area contributed by atoms with Crippen LogP contribution in [0, 0.1) is 0 Å². The Morgan fingerprint density at radius 3 is 2.53 bits per heavy atom. The standard InChI is InChI=1S/C10H11Cl2NO3S/c1-2-3-6-16-7-4-5-8(17(13,14)15)10(12)9(7)11/h2,4-5H,1,3,6H2,(H2,13,14,15). The lowest BCUT2D eigenvalue weighted by Gasteiger charge is -2.10. The summed E-state index contributed by atoms with van der Waals surface area (Å²) in [6, 6.07) is 2.67. The number of hydrogen-bond donors (Lipinski definition) is 1. The molecule has 0 spiro atoms. The van der Waals surface area contributed by atoms with Crippen LogP contribution in [-0.2, 0) is 10.0 Å². The number of halogens is 2. The molecular weight excluding hydrogens is 285 g/mol. The second kappa shape index (κ2) is 5.73. The van der Waals surface area contributed by atoms with Crippen LogP contribution in [0.4, 0.5) is 0 Å². The van der Waals surface area contributed by atoms with Crippen molar-refractivity contribution < 1.29 is 13.2 Å². The summed E-state index contributed by atoms with van der Waals surface area (Å²) in [5.74, 6) is 0.311. The molecule has 0 aliphatic heterocycles. The van der Waals surface area contributed by atoms with Gasteiger partial charge in [-0.15, -0.1) is 6.58 Å². The molecule has 1 aromatic rings. The molecule has 0 unspecified atom stereocenters. The van der Waals surface area contributed by atoms with Gasteiger partial charge in [-0.3, -0.25) is 0 Å². The van der Waals surface area contributed by atoms with Crippen molar-refractivity contribution in [3.8, 4) is 5.75 Å². The normalized spacial score (nSPS) is 11.2. The summed E-state index contributed by atoms with van der Waals surface area (Å²) in [6.07, 6.45) is 2.33. The largest absolute Gasteiger partial charge is 0.492 e. The number of hydrogen-bond acceptors (Lipinski definition) is 3. The average molecular weight is 296 g/mol. The Morgan fingerprint density at radius 2 is 2.00 bits per heavy atom. The molecular formula is C10H11Cl2NO3S. The van der Waals surface area contributed by atoms with E-state index in [0.29, 0.717) is 18.8 Å². The van der Waals surface area contributed by atoms with Gasteiger partial charge in [-0.1, -0.05) is 29.3 Å². The van der Waals surface area contributed by atoms with E-state index in [4.69, 9.17) is 33.1 Å². The van der Waals surface area contributed by atoms with Gasteiger partial charge >= 0.3 is 0 Å². The first kappa shape index (κ1) is 14.3. The van der Waals surface area contributed by atoms with Gasteiger partial charge in [0.15, 0.2) is 0 Å². The van der Waals surface area contributed by atoms with E-state index in [-0.39, 0.29) is 14.9 Å². The van der Waals surface area contributed by atoms with Gasteiger partial charge in [-0.05, 0) is 18.6 Å². The third-order valence-corrected chi connectivity index (χ3v) is 3.83. The molecule has 1 aromatic carbocycles. The lowest BCUT2D eigenvalue weighted by atomic mass is 10.3. The molecule has 0 heterocycles. The number of sulfonamides is 1. The monoisotopic (exact) mass is 295 g/mol. The van der Waals surface area contributed by atoms with Crippen LogP contribution in [0.5, 0.6) is 5.75 Å². The van der Waals surface area contributed by atoms with Crippen LogP contribution in [0.25, 0.3) is 0 Å². The highest BCUT2D eigenvalue weighted by Gasteiger charge is 2.18. The molecule has 17 heavy (non-hydrogen) atoms. The van der Waals surface area contributed by atoms with Gasteiger partial charge in [0.1, 0.15) is 15.7 Å². The van der Waals surface area contributed by atoms with Crippen molar-refractivity contribution in [1.82, 2.24) is 0 Å². The van der Waals surface area contributed by atoms with Gasteiger partial charge in [0.25, 0.3) is 0 Å². The first-order valence-corrected chi connectivity index (χ1v) is 6.92. The van der Waals surface area contributed by atoms with E-state index in [9.17, 15) is 8.42 Å². The van der Waals surface area contributed by atoms with E-state index in [0.717, 1.165) is 0 Å². The van der Waals surface area contributed by atoms with E-state index in [2.05, 4.69) is 6.58 Å². The number of rotatable bonds is 5.